The van der Waals surface area contributed by atoms with Gasteiger partial charge in [-0.3, -0.25) is 4.98 Å². The normalized spacial score (nSPS) is 35.0. The Hall–Kier alpha value is -0.890. The van der Waals surface area contributed by atoms with Crippen molar-refractivity contribution < 1.29 is 0 Å². The quantitative estimate of drug-likeness (QED) is 0.787. The fourth-order valence-electron chi connectivity index (χ4n) is 2.84. The van der Waals surface area contributed by atoms with Crippen molar-refractivity contribution in [3.8, 4) is 0 Å². The number of rotatable bonds is 1. The number of hydrogen-bond acceptors (Lipinski definition) is 2. The zero-order chi connectivity index (χ0) is 11.8. The van der Waals surface area contributed by atoms with E-state index in [0.717, 1.165) is 18.0 Å². The van der Waals surface area contributed by atoms with Gasteiger partial charge in [0.05, 0.1) is 0 Å². The second-order valence-electron chi connectivity index (χ2n) is 5.51. The summed E-state index contributed by atoms with van der Waals surface area (Å²) < 4.78 is 0. The molecule has 0 saturated heterocycles. The van der Waals surface area contributed by atoms with Gasteiger partial charge in [0.2, 0.25) is 0 Å². The summed E-state index contributed by atoms with van der Waals surface area (Å²) in [7, 11) is 0. The second kappa shape index (κ2) is 4.17. The molecule has 1 fully saturated rings. The van der Waals surface area contributed by atoms with Crippen LogP contribution in [0.5, 0.6) is 0 Å². The molecular weight excluding hydrogens is 196 g/mol. The van der Waals surface area contributed by atoms with E-state index >= 15 is 0 Å². The molecule has 3 unspecified atom stereocenters. The average molecular weight is 218 g/mol. The molecule has 2 nitrogen and oxygen atoms in total. The molecule has 16 heavy (non-hydrogen) atoms. The number of hydrogen-bond donors (Lipinski definition) is 1. The molecule has 1 heterocycles. The molecule has 0 aliphatic heterocycles. The molecule has 2 rings (SSSR count). The van der Waals surface area contributed by atoms with Crippen molar-refractivity contribution in [1.82, 2.24) is 4.98 Å². The van der Waals surface area contributed by atoms with Crippen LogP contribution >= 0.6 is 0 Å². The highest BCUT2D eigenvalue weighted by molar-refractivity contribution is 5.24. The van der Waals surface area contributed by atoms with Crippen molar-refractivity contribution >= 4 is 0 Å². The first-order valence-corrected chi connectivity index (χ1v) is 6.24. The van der Waals surface area contributed by atoms with Gasteiger partial charge in [-0.05, 0) is 49.7 Å². The van der Waals surface area contributed by atoms with Crippen molar-refractivity contribution in [1.29, 1.82) is 0 Å². The molecule has 0 amide bonds. The van der Waals surface area contributed by atoms with E-state index < -0.39 is 0 Å². The van der Waals surface area contributed by atoms with Gasteiger partial charge in [0.15, 0.2) is 0 Å². The number of nitrogens with two attached hydrogens (primary N) is 1. The zero-order valence-corrected chi connectivity index (χ0v) is 10.5. The van der Waals surface area contributed by atoms with E-state index in [0.29, 0.717) is 5.92 Å². The van der Waals surface area contributed by atoms with Gasteiger partial charge in [0.25, 0.3) is 0 Å². The van der Waals surface area contributed by atoms with E-state index in [9.17, 15) is 0 Å². The monoisotopic (exact) mass is 218 g/mol. The van der Waals surface area contributed by atoms with Crippen LogP contribution in [0.4, 0.5) is 0 Å². The smallest absolute Gasteiger partial charge is 0.0451 e. The molecule has 1 saturated carbocycles. The van der Waals surface area contributed by atoms with Gasteiger partial charge < -0.3 is 5.73 Å². The molecule has 1 aliphatic rings. The SMILES string of the molecule is Cc1ccc(C2(N)CCC(C)CC2C)cn1. The van der Waals surface area contributed by atoms with Crippen molar-refractivity contribution in [2.24, 2.45) is 17.6 Å². The Morgan fingerprint density at radius 3 is 2.69 bits per heavy atom. The van der Waals surface area contributed by atoms with Gasteiger partial charge in [-0.15, -0.1) is 0 Å². The van der Waals surface area contributed by atoms with Crippen LogP contribution in [0.2, 0.25) is 0 Å². The first-order chi connectivity index (χ1) is 7.52. The molecule has 2 N–H and O–H groups in total. The molecule has 0 radical (unpaired) electrons. The van der Waals surface area contributed by atoms with Crippen molar-refractivity contribution in [2.75, 3.05) is 0 Å². The fraction of sp³-hybridized carbons (Fsp3) is 0.643. The Balaban J connectivity index is 2.27. The Morgan fingerprint density at radius 2 is 2.12 bits per heavy atom. The highest BCUT2D eigenvalue weighted by Crippen LogP contribution is 2.41. The van der Waals surface area contributed by atoms with Crippen molar-refractivity contribution in [3.05, 3.63) is 29.6 Å². The van der Waals surface area contributed by atoms with Crippen LogP contribution in [0.25, 0.3) is 0 Å². The van der Waals surface area contributed by atoms with Gasteiger partial charge in [-0.1, -0.05) is 19.9 Å². The van der Waals surface area contributed by atoms with Gasteiger partial charge in [0.1, 0.15) is 0 Å². The molecule has 1 aromatic heterocycles. The van der Waals surface area contributed by atoms with E-state index in [1.165, 1.54) is 18.4 Å². The fourth-order valence-corrected chi connectivity index (χ4v) is 2.84. The minimum absolute atomic E-state index is 0.160. The lowest BCUT2D eigenvalue weighted by molar-refractivity contribution is 0.164. The van der Waals surface area contributed by atoms with Crippen LogP contribution in [-0.4, -0.2) is 4.98 Å². The predicted molar refractivity (Wildman–Crippen MR) is 67.0 cm³/mol. The summed E-state index contributed by atoms with van der Waals surface area (Å²) in [5, 5.41) is 0. The third-order valence-corrected chi connectivity index (χ3v) is 4.13. The maximum absolute atomic E-state index is 6.60. The van der Waals surface area contributed by atoms with Gasteiger partial charge in [0, 0.05) is 17.4 Å². The third kappa shape index (κ3) is 1.99. The number of nitrogens with zero attached hydrogens (tertiary/aromatic N) is 1. The maximum atomic E-state index is 6.60. The third-order valence-electron chi connectivity index (χ3n) is 4.13. The minimum atomic E-state index is -0.160. The molecule has 0 aromatic carbocycles. The van der Waals surface area contributed by atoms with E-state index in [2.05, 4.69) is 31.0 Å². The molecule has 1 aliphatic carbocycles. The van der Waals surface area contributed by atoms with E-state index in [1.807, 2.05) is 13.1 Å². The van der Waals surface area contributed by atoms with Gasteiger partial charge in [-0.2, -0.15) is 0 Å². The standard InChI is InChI=1S/C14H22N2/c1-10-6-7-14(15,11(2)8-10)13-5-4-12(3)16-9-13/h4-5,9-11H,6-8,15H2,1-3H3. The minimum Gasteiger partial charge on any atom is -0.321 e. The first kappa shape index (κ1) is 11.6. The summed E-state index contributed by atoms with van der Waals surface area (Å²) in [5.74, 6) is 1.35. The Bertz CT molecular complexity index is 358. The van der Waals surface area contributed by atoms with Crippen LogP contribution in [0.15, 0.2) is 18.3 Å². The summed E-state index contributed by atoms with van der Waals surface area (Å²) in [5.41, 5.74) is 8.70. The molecule has 0 bridgehead atoms. The number of aryl methyl sites for hydroxylation is 1. The van der Waals surface area contributed by atoms with Crippen LogP contribution < -0.4 is 5.73 Å². The number of pyridine rings is 1. The molecular formula is C14H22N2. The van der Waals surface area contributed by atoms with E-state index in [1.54, 1.807) is 0 Å². The second-order valence-corrected chi connectivity index (χ2v) is 5.51. The summed E-state index contributed by atoms with van der Waals surface area (Å²) >= 11 is 0. The summed E-state index contributed by atoms with van der Waals surface area (Å²) in [6.45, 7) is 6.61. The van der Waals surface area contributed by atoms with Crippen molar-refractivity contribution in [2.45, 2.75) is 45.6 Å². The average Bonchev–Trinajstić information content (AvgIpc) is 2.25. The predicted octanol–water partition coefficient (Wildman–Crippen LogP) is 3.00. The van der Waals surface area contributed by atoms with Crippen LogP contribution in [-0.2, 0) is 5.54 Å². The maximum Gasteiger partial charge on any atom is 0.0451 e. The Labute approximate surface area is 98.3 Å². The molecule has 0 spiro atoms. The molecule has 3 atom stereocenters. The lowest BCUT2D eigenvalue weighted by atomic mass is 9.68. The molecule has 2 heteroatoms. The summed E-state index contributed by atoms with van der Waals surface area (Å²) in [4.78, 5) is 4.37. The topological polar surface area (TPSA) is 38.9 Å². The largest absolute Gasteiger partial charge is 0.321 e. The van der Waals surface area contributed by atoms with Crippen LogP contribution in [0.1, 0.15) is 44.4 Å². The van der Waals surface area contributed by atoms with E-state index in [4.69, 9.17) is 5.73 Å². The van der Waals surface area contributed by atoms with Gasteiger partial charge >= 0.3 is 0 Å². The number of aromatic nitrogens is 1. The van der Waals surface area contributed by atoms with E-state index in [-0.39, 0.29) is 5.54 Å². The summed E-state index contributed by atoms with van der Waals surface area (Å²) in [6.07, 6.45) is 5.50. The highest BCUT2D eigenvalue weighted by atomic mass is 14.8. The Kier molecular flexibility index (Phi) is 3.02. The lowest BCUT2D eigenvalue weighted by Crippen LogP contribution is -2.46. The highest BCUT2D eigenvalue weighted by Gasteiger charge is 2.38. The lowest BCUT2D eigenvalue weighted by Gasteiger charge is -2.42. The zero-order valence-electron chi connectivity index (χ0n) is 10.5. The Morgan fingerprint density at radius 1 is 1.38 bits per heavy atom. The molecule has 1 aromatic rings. The first-order valence-electron chi connectivity index (χ1n) is 6.24. The summed E-state index contributed by atoms with van der Waals surface area (Å²) in [6, 6.07) is 4.21. The van der Waals surface area contributed by atoms with Crippen LogP contribution in [0, 0.1) is 18.8 Å². The van der Waals surface area contributed by atoms with Crippen LogP contribution in [0.3, 0.4) is 0 Å². The van der Waals surface area contributed by atoms with Crippen molar-refractivity contribution in [3.63, 3.8) is 0 Å². The van der Waals surface area contributed by atoms with Gasteiger partial charge in [-0.25, -0.2) is 0 Å². The molecule has 88 valence electrons.